The Hall–Kier alpha value is -3.41. The van der Waals surface area contributed by atoms with Crippen LogP contribution in [-0.4, -0.2) is 35.6 Å². The number of likely N-dealkylation sites (tertiary alicyclic amines) is 1. The van der Waals surface area contributed by atoms with Crippen molar-refractivity contribution in [3.63, 3.8) is 0 Å². The second kappa shape index (κ2) is 9.96. The standard InChI is InChI=1S/C33H34ClN3O2/c1-21-9-10-29-27(18-21)33(11-13-36(14-12-33)19-25-16-22(2)15-23(3)17-25)20-37(29)32(38)30-24(4)39-35-31(30)26-7-5-6-8-28(26)34/h5-10,15-18H,11-14,19-20H2,1-4H3. The maximum Gasteiger partial charge on any atom is 0.264 e. The van der Waals surface area contributed by atoms with Crippen molar-refractivity contribution in [2.75, 3.05) is 24.5 Å². The fourth-order valence-corrected chi connectivity index (χ4v) is 6.77. The molecular formula is C33H34ClN3O2. The number of hydrogen-bond acceptors (Lipinski definition) is 4. The topological polar surface area (TPSA) is 49.6 Å². The summed E-state index contributed by atoms with van der Waals surface area (Å²) >= 11 is 6.50. The van der Waals surface area contributed by atoms with E-state index >= 15 is 0 Å². The molecule has 0 aliphatic carbocycles. The van der Waals surface area contributed by atoms with Gasteiger partial charge in [-0.25, -0.2) is 0 Å². The van der Waals surface area contributed by atoms with Gasteiger partial charge < -0.3 is 9.42 Å². The highest BCUT2D eigenvalue weighted by Gasteiger charge is 2.47. The molecule has 1 aromatic heterocycles. The first-order chi connectivity index (χ1) is 18.7. The molecule has 200 valence electrons. The lowest BCUT2D eigenvalue weighted by molar-refractivity contribution is 0.0974. The van der Waals surface area contributed by atoms with E-state index in [-0.39, 0.29) is 11.3 Å². The van der Waals surface area contributed by atoms with Gasteiger partial charge in [0.05, 0.1) is 5.02 Å². The fraction of sp³-hybridized carbons (Fsp3) is 0.333. The van der Waals surface area contributed by atoms with Gasteiger partial charge in [-0.15, -0.1) is 0 Å². The molecule has 5 nitrogen and oxygen atoms in total. The molecule has 4 aromatic rings. The first-order valence-electron chi connectivity index (χ1n) is 13.7. The molecule has 0 unspecified atom stereocenters. The van der Waals surface area contributed by atoms with Crippen LogP contribution in [0, 0.1) is 27.7 Å². The van der Waals surface area contributed by atoms with Crippen LogP contribution < -0.4 is 4.90 Å². The van der Waals surface area contributed by atoms with E-state index in [0.717, 1.165) is 38.2 Å². The molecule has 39 heavy (non-hydrogen) atoms. The van der Waals surface area contributed by atoms with E-state index in [9.17, 15) is 4.79 Å². The number of carbonyl (C=O) groups is 1. The number of hydrogen-bond donors (Lipinski definition) is 0. The van der Waals surface area contributed by atoms with Crippen molar-refractivity contribution < 1.29 is 9.32 Å². The highest BCUT2D eigenvalue weighted by atomic mass is 35.5. The number of piperidine rings is 1. The predicted octanol–water partition coefficient (Wildman–Crippen LogP) is 7.42. The van der Waals surface area contributed by atoms with Gasteiger partial charge in [0, 0.05) is 29.8 Å². The Morgan fingerprint density at radius 3 is 2.38 bits per heavy atom. The molecule has 3 aromatic carbocycles. The van der Waals surface area contributed by atoms with Gasteiger partial charge in [-0.2, -0.15) is 0 Å². The summed E-state index contributed by atoms with van der Waals surface area (Å²) in [7, 11) is 0. The van der Waals surface area contributed by atoms with E-state index in [1.807, 2.05) is 29.2 Å². The molecule has 1 saturated heterocycles. The minimum Gasteiger partial charge on any atom is -0.360 e. The van der Waals surface area contributed by atoms with Gasteiger partial charge in [0.15, 0.2) is 0 Å². The Bertz CT molecular complexity index is 1540. The molecule has 0 radical (unpaired) electrons. The van der Waals surface area contributed by atoms with E-state index in [1.165, 1.54) is 27.8 Å². The minimum absolute atomic E-state index is 0.0638. The summed E-state index contributed by atoms with van der Waals surface area (Å²) in [4.78, 5) is 18.8. The summed E-state index contributed by atoms with van der Waals surface area (Å²) in [5.74, 6) is 0.427. The third kappa shape index (κ3) is 4.68. The second-order valence-corrected chi connectivity index (χ2v) is 11.8. The lowest BCUT2D eigenvalue weighted by Gasteiger charge is -2.40. The van der Waals surface area contributed by atoms with E-state index in [2.05, 4.69) is 67.2 Å². The Kier molecular flexibility index (Phi) is 6.60. The summed E-state index contributed by atoms with van der Waals surface area (Å²) < 4.78 is 5.55. The van der Waals surface area contributed by atoms with E-state index < -0.39 is 0 Å². The molecule has 0 atom stereocenters. The van der Waals surface area contributed by atoms with E-state index in [4.69, 9.17) is 16.1 Å². The molecule has 0 N–H and O–H groups in total. The van der Waals surface area contributed by atoms with Crippen molar-refractivity contribution in [3.8, 4) is 11.3 Å². The van der Waals surface area contributed by atoms with Gasteiger partial charge in [-0.05, 0) is 76.9 Å². The zero-order chi connectivity index (χ0) is 27.3. The van der Waals surface area contributed by atoms with Crippen molar-refractivity contribution >= 4 is 23.2 Å². The maximum absolute atomic E-state index is 14.2. The third-order valence-electron chi connectivity index (χ3n) is 8.43. The lowest BCUT2D eigenvalue weighted by atomic mass is 9.74. The largest absolute Gasteiger partial charge is 0.360 e. The predicted molar refractivity (Wildman–Crippen MR) is 157 cm³/mol. The normalized spacial score (nSPS) is 16.6. The number of anilines is 1. The molecule has 1 spiro atoms. The van der Waals surface area contributed by atoms with Crippen molar-refractivity contribution in [1.29, 1.82) is 0 Å². The molecule has 6 rings (SSSR count). The molecule has 0 bridgehead atoms. The van der Waals surface area contributed by atoms with E-state index in [1.54, 1.807) is 6.92 Å². The van der Waals surface area contributed by atoms with Gasteiger partial charge in [0.1, 0.15) is 17.0 Å². The van der Waals surface area contributed by atoms with Crippen LogP contribution in [0.4, 0.5) is 5.69 Å². The summed E-state index contributed by atoms with van der Waals surface area (Å²) in [6.45, 7) is 11.9. The average molecular weight is 540 g/mol. The van der Waals surface area contributed by atoms with Crippen LogP contribution in [0.2, 0.25) is 5.02 Å². The van der Waals surface area contributed by atoms with Crippen LogP contribution in [0.15, 0.2) is 65.2 Å². The van der Waals surface area contributed by atoms with Crippen LogP contribution in [-0.2, 0) is 12.0 Å². The first kappa shape index (κ1) is 25.8. The number of halogens is 1. The number of fused-ring (bicyclic) bond motifs is 2. The molecule has 2 aliphatic heterocycles. The van der Waals surface area contributed by atoms with E-state index in [0.29, 0.717) is 34.1 Å². The van der Waals surface area contributed by atoms with Crippen LogP contribution in [0.1, 0.15) is 56.8 Å². The van der Waals surface area contributed by atoms with Gasteiger partial charge in [0.2, 0.25) is 0 Å². The first-order valence-corrected chi connectivity index (χ1v) is 14.1. The van der Waals surface area contributed by atoms with Crippen molar-refractivity contribution in [2.45, 2.75) is 52.5 Å². The molecule has 6 heteroatoms. The number of nitrogens with zero attached hydrogens (tertiary/aromatic N) is 3. The van der Waals surface area contributed by atoms with Gasteiger partial charge in [-0.1, -0.05) is 82.0 Å². The molecule has 3 heterocycles. The Labute approximate surface area is 235 Å². The number of aromatic nitrogens is 1. The SMILES string of the molecule is Cc1cc(C)cc(CN2CCC3(CC2)CN(C(=O)c2c(-c4ccccc4Cl)noc2C)c2ccc(C)cc23)c1. The van der Waals surface area contributed by atoms with Crippen LogP contribution in [0.3, 0.4) is 0 Å². The highest BCUT2D eigenvalue weighted by Crippen LogP contribution is 2.48. The smallest absolute Gasteiger partial charge is 0.264 e. The van der Waals surface area contributed by atoms with Crippen molar-refractivity contribution in [2.24, 2.45) is 0 Å². The number of amides is 1. The van der Waals surface area contributed by atoms with Gasteiger partial charge in [-0.3, -0.25) is 9.69 Å². The maximum atomic E-state index is 14.2. The Morgan fingerprint density at radius 2 is 1.67 bits per heavy atom. The number of aryl methyl sites for hydroxylation is 4. The summed E-state index contributed by atoms with van der Waals surface area (Å²) in [5.41, 5.74) is 9.13. The fourth-order valence-electron chi connectivity index (χ4n) is 6.55. The molecule has 2 aliphatic rings. The zero-order valence-electron chi connectivity index (χ0n) is 23.1. The summed E-state index contributed by atoms with van der Waals surface area (Å²) in [6.07, 6.45) is 2.02. The molecule has 1 amide bonds. The number of rotatable bonds is 4. The lowest BCUT2D eigenvalue weighted by Crippen LogP contribution is -2.45. The second-order valence-electron chi connectivity index (χ2n) is 11.4. The van der Waals surface area contributed by atoms with Gasteiger partial charge >= 0.3 is 0 Å². The quantitative estimate of drug-likeness (QED) is 0.271. The van der Waals surface area contributed by atoms with Crippen LogP contribution in [0.25, 0.3) is 11.3 Å². The average Bonchev–Trinajstić information content (AvgIpc) is 3.43. The van der Waals surface area contributed by atoms with Crippen LogP contribution >= 0.6 is 11.6 Å². The highest BCUT2D eigenvalue weighted by molar-refractivity contribution is 6.33. The molecule has 1 fully saturated rings. The third-order valence-corrected chi connectivity index (χ3v) is 8.76. The molecular weight excluding hydrogens is 506 g/mol. The van der Waals surface area contributed by atoms with Crippen molar-refractivity contribution in [3.05, 3.63) is 105 Å². The Balaban J connectivity index is 1.30. The minimum atomic E-state index is -0.0803. The number of carbonyl (C=O) groups excluding carboxylic acids is 1. The summed E-state index contributed by atoms with van der Waals surface area (Å²) in [5, 5.41) is 4.81. The van der Waals surface area contributed by atoms with Crippen LogP contribution in [0.5, 0.6) is 0 Å². The number of benzene rings is 3. The molecule has 0 saturated carbocycles. The zero-order valence-corrected chi connectivity index (χ0v) is 23.8. The summed E-state index contributed by atoms with van der Waals surface area (Å²) in [6, 6.07) is 20.8. The van der Waals surface area contributed by atoms with Crippen molar-refractivity contribution in [1.82, 2.24) is 10.1 Å². The Morgan fingerprint density at radius 1 is 0.949 bits per heavy atom. The van der Waals surface area contributed by atoms with Gasteiger partial charge in [0.25, 0.3) is 5.91 Å². The monoisotopic (exact) mass is 539 g/mol.